The first-order valence-corrected chi connectivity index (χ1v) is 5.72. The van der Waals surface area contributed by atoms with Gasteiger partial charge < -0.3 is 5.73 Å². The van der Waals surface area contributed by atoms with Crippen molar-refractivity contribution in [2.75, 3.05) is 13.6 Å². The van der Waals surface area contributed by atoms with Crippen molar-refractivity contribution >= 4 is 0 Å². The summed E-state index contributed by atoms with van der Waals surface area (Å²) in [4.78, 5) is 1.62. The smallest absolute Gasteiger partial charge is 0.326 e. The van der Waals surface area contributed by atoms with Gasteiger partial charge in [-0.25, -0.2) is 0 Å². The Morgan fingerprint density at radius 2 is 2.11 bits per heavy atom. The molecule has 0 aliphatic carbocycles. The molecular formula is C11H19F3N4. The van der Waals surface area contributed by atoms with Crippen LogP contribution in [0.3, 0.4) is 0 Å². The predicted molar refractivity (Wildman–Crippen MR) is 62.9 cm³/mol. The van der Waals surface area contributed by atoms with E-state index in [1.54, 1.807) is 43.0 Å². The lowest BCUT2D eigenvalue weighted by Gasteiger charge is -2.30. The van der Waals surface area contributed by atoms with Gasteiger partial charge in [0.25, 0.3) is 0 Å². The normalized spacial score (nSPS) is 16.0. The van der Waals surface area contributed by atoms with Crippen LogP contribution in [0.5, 0.6) is 0 Å². The minimum atomic E-state index is -4.15. The van der Waals surface area contributed by atoms with Crippen LogP contribution in [0.4, 0.5) is 13.2 Å². The van der Waals surface area contributed by atoms with E-state index in [2.05, 4.69) is 5.10 Å². The molecule has 1 aromatic rings. The highest BCUT2D eigenvalue weighted by atomic mass is 19.4. The molecule has 1 rings (SSSR count). The highest BCUT2D eigenvalue weighted by Crippen LogP contribution is 2.25. The average molecular weight is 264 g/mol. The maximum Gasteiger partial charge on any atom is 0.390 e. The quantitative estimate of drug-likeness (QED) is 0.880. The summed E-state index contributed by atoms with van der Waals surface area (Å²) in [5, 5.41) is 4.02. The largest absolute Gasteiger partial charge is 0.390 e. The van der Waals surface area contributed by atoms with Crippen LogP contribution < -0.4 is 5.73 Å². The van der Waals surface area contributed by atoms with E-state index >= 15 is 0 Å². The van der Waals surface area contributed by atoms with Crippen molar-refractivity contribution < 1.29 is 13.2 Å². The molecule has 0 saturated carbocycles. The minimum absolute atomic E-state index is 0.0788. The lowest BCUT2D eigenvalue weighted by molar-refractivity contribution is -0.138. The molecule has 0 radical (unpaired) electrons. The average Bonchev–Trinajstić information content (AvgIpc) is 2.60. The number of nitrogens with zero attached hydrogens (tertiary/aromatic N) is 3. The van der Waals surface area contributed by atoms with Crippen LogP contribution in [0.2, 0.25) is 0 Å². The summed E-state index contributed by atoms with van der Waals surface area (Å²) in [6.45, 7) is 1.70. The summed E-state index contributed by atoms with van der Waals surface area (Å²) in [5.74, 6) is 0. The van der Waals surface area contributed by atoms with Crippen molar-refractivity contribution in [3.8, 4) is 0 Å². The number of halogens is 3. The molecule has 0 fully saturated rings. The zero-order chi connectivity index (χ0) is 13.9. The van der Waals surface area contributed by atoms with E-state index in [0.717, 1.165) is 5.56 Å². The molecule has 0 spiro atoms. The van der Waals surface area contributed by atoms with Gasteiger partial charge in [-0.05, 0) is 14.0 Å². The van der Waals surface area contributed by atoms with Gasteiger partial charge >= 0.3 is 6.18 Å². The van der Waals surface area contributed by atoms with Crippen LogP contribution in [-0.2, 0) is 7.05 Å². The SMILES string of the molecule is CC(N)C(c1cnn(C)c1)N(C)CCC(F)(F)F. The molecule has 104 valence electrons. The van der Waals surface area contributed by atoms with Gasteiger partial charge in [0.2, 0.25) is 0 Å². The van der Waals surface area contributed by atoms with Crippen LogP contribution in [0.1, 0.15) is 24.9 Å². The Morgan fingerprint density at radius 3 is 2.50 bits per heavy atom. The standard InChI is InChI=1S/C11H19F3N4/c1-8(15)10(9-6-16-18(3)7-9)17(2)5-4-11(12,13)14/h6-8,10H,4-5,15H2,1-3H3. The summed E-state index contributed by atoms with van der Waals surface area (Å²) in [5.41, 5.74) is 6.69. The van der Waals surface area contributed by atoms with E-state index in [4.69, 9.17) is 5.73 Å². The Kier molecular flexibility index (Phi) is 4.75. The van der Waals surface area contributed by atoms with Gasteiger partial charge in [-0.3, -0.25) is 9.58 Å². The first kappa shape index (κ1) is 15.0. The van der Waals surface area contributed by atoms with E-state index in [9.17, 15) is 13.2 Å². The van der Waals surface area contributed by atoms with Gasteiger partial charge in [-0.1, -0.05) is 0 Å². The van der Waals surface area contributed by atoms with Crippen molar-refractivity contribution in [2.24, 2.45) is 12.8 Å². The fourth-order valence-electron chi connectivity index (χ4n) is 1.99. The van der Waals surface area contributed by atoms with Gasteiger partial charge in [0, 0.05) is 31.4 Å². The predicted octanol–water partition coefficient (Wildman–Crippen LogP) is 1.69. The van der Waals surface area contributed by atoms with Crippen molar-refractivity contribution in [1.29, 1.82) is 0 Å². The third kappa shape index (κ3) is 4.30. The topological polar surface area (TPSA) is 47.1 Å². The highest BCUT2D eigenvalue weighted by Gasteiger charge is 2.30. The minimum Gasteiger partial charge on any atom is -0.326 e. The number of likely N-dealkylation sites (N-methyl/N-ethyl adjacent to an activating group) is 1. The lowest BCUT2D eigenvalue weighted by atomic mass is 10.0. The van der Waals surface area contributed by atoms with Gasteiger partial charge in [-0.2, -0.15) is 18.3 Å². The Labute approximate surface area is 105 Å². The molecular weight excluding hydrogens is 245 g/mol. The molecule has 4 nitrogen and oxygen atoms in total. The third-order valence-electron chi connectivity index (χ3n) is 2.79. The molecule has 2 N–H and O–H groups in total. The molecule has 1 heterocycles. The molecule has 7 heteroatoms. The number of hydrogen-bond donors (Lipinski definition) is 1. The Hall–Kier alpha value is -1.08. The number of aromatic nitrogens is 2. The van der Waals surface area contributed by atoms with E-state index in [1.165, 1.54) is 0 Å². The van der Waals surface area contributed by atoms with E-state index in [1.807, 2.05) is 0 Å². The van der Waals surface area contributed by atoms with Gasteiger partial charge in [0.05, 0.1) is 18.7 Å². The third-order valence-corrected chi connectivity index (χ3v) is 2.79. The zero-order valence-corrected chi connectivity index (χ0v) is 10.8. The molecule has 0 aromatic carbocycles. The Balaban J connectivity index is 2.73. The number of hydrogen-bond acceptors (Lipinski definition) is 3. The second-order valence-electron chi connectivity index (χ2n) is 4.60. The number of rotatable bonds is 5. The van der Waals surface area contributed by atoms with E-state index < -0.39 is 12.6 Å². The zero-order valence-electron chi connectivity index (χ0n) is 10.8. The second-order valence-corrected chi connectivity index (χ2v) is 4.60. The molecule has 2 unspecified atom stereocenters. The molecule has 0 saturated heterocycles. The summed E-state index contributed by atoms with van der Waals surface area (Å²) < 4.78 is 38.3. The second kappa shape index (κ2) is 5.71. The Bertz CT molecular complexity index is 373. The number of nitrogens with two attached hydrogens (primary N) is 1. The summed E-state index contributed by atoms with van der Waals surface area (Å²) >= 11 is 0. The van der Waals surface area contributed by atoms with Crippen LogP contribution in [-0.4, -0.2) is 40.5 Å². The maximum absolute atomic E-state index is 12.2. The van der Waals surface area contributed by atoms with Crippen molar-refractivity contribution in [3.63, 3.8) is 0 Å². The van der Waals surface area contributed by atoms with Crippen LogP contribution in [0.15, 0.2) is 12.4 Å². The van der Waals surface area contributed by atoms with Gasteiger partial charge in [0.15, 0.2) is 0 Å². The Morgan fingerprint density at radius 1 is 1.50 bits per heavy atom. The van der Waals surface area contributed by atoms with E-state index in [-0.39, 0.29) is 18.6 Å². The first-order valence-electron chi connectivity index (χ1n) is 5.72. The molecule has 0 aliphatic heterocycles. The lowest BCUT2D eigenvalue weighted by Crippen LogP contribution is -2.38. The number of alkyl halides is 3. The summed E-state index contributed by atoms with van der Waals surface area (Å²) in [7, 11) is 3.41. The first-order chi connectivity index (χ1) is 8.20. The molecule has 0 amide bonds. The van der Waals surface area contributed by atoms with Crippen LogP contribution >= 0.6 is 0 Å². The van der Waals surface area contributed by atoms with Gasteiger partial charge in [0.1, 0.15) is 0 Å². The molecule has 2 atom stereocenters. The fraction of sp³-hybridized carbons (Fsp3) is 0.727. The highest BCUT2D eigenvalue weighted by molar-refractivity contribution is 5.12. The van der Waals surface area contributed by atoms with E-state index in [0.29, 0.717) is 0 Å². The number of aryl methyl sites for hydroxylation is 1. The van der Waals surface area contributed by atoms with Gasteiger partial charge in [-0.15, -0.1) is 0 Å². The maximum atomic E-state index is 12.2. The van der Waals surface area contributed by atoms with Crippen molar-refractivity contribution in [1.82, 2.24) is 14.7 Å². The molecule has 0 bridgehead atoms. The van der Waals surface area contributed by atoms with Crippen molar-refractivity contribution in [3.05, 3.63) is 18.0 Å². The monoisotopic (exact) mass is 264 g/mol. The molecule has 18 heavy (non-hydrogen) atoms. The molecule has 0 aliphatic rings. The summed E-state index contributed by atoms with van der Waals surface area (Å²) in [6, 6.07) is -0.534. The van der Waals surface area contributed by atoms with Crippen LogP contribution in [0.25, 0.3) is 0 Å². The fourth-order valence-corrected chi connectivity index (χ4v) is 1.99. The summed E-state index contributed by atoms with van der Waals surface area (Å²) in [6.07, 6.45) is -1.57. The van der Waals surface area contributed by atoms with Crippen molar-refractivity contribution in [2.45, 2.75) is 31.6 Å². The van der Waals surface area contributed by atoms with Crippen LogP contribution in [0, 0.1) is 0 Å². The molecule has 1 aromatic heterocycles.